The fourth-order valence-electron chi connectivity index (χ4n) is 4.46. The van der Waals surface area contributed by atoms with Crippen LogP contribution in [0, 0.1) is 17.8 Å². The number of carbonyl (C=O) groups is 3. The molecule has 7 nitrogen and oxygen atoms in total. The number of benzene rings is 1. The fraction of sp³-hybridized carbons (Fsp3) is 0.591. The predicted molar refractivity (Wildman–Crippen MR) is 105 cm³/mol. The minimum Gasteiger partial charge on any atom is -0.497 e. The molecule has 0 spiro atoms. The first-order chi connectivity index (χ1) is 13.5. The molecule has 1 aromatic rings. The van der Waals surface area contributed by atoms with Crippen molar-refractivity contribution in [2.75, 3.05) is 13.7 Å². The Morgan fingerprint density at radius 3 is 2.38 bits per heavy atom. The molecule has 0 saturated carbocycles. The monoisotopic (exact) mass is 403 g/mol. The van der Waals surface area contributed by atoms with Crippen LogP contribution in [0.5, 0.6) is 5.75 Å². The number of fused-ring (bicyclic) bond motifs is 1. The molecule has 0 aliphatic carbocycles. The molecule has 158 valence electrons. The molecular weight excluding hydrogens is 374 g/mol. The average molecular weight is 403 g/mol. The van der Waals surface area contributed by atoms with Gasteiger partial charge in [-0.2, -0.15) is 0 Å². The van der Waals surface area contributed by atoms with Crippen molar-refractivity contribution in [2.24, 2.45) is 17.8 Å². The van der Waals surface area contributed by atoms with E-state index in [-0.39, 0.29) is 30.8 Å². The van der Waals surface area contributed by atoms with Crippen LogP contribution >= 0.6 is 0 Å². The first-order valence-electron chi connectivity index (χ1n) is 9.86. The number of rotatable bonds is 2. The van der Waals surface area contributed by atoms with E-state index in [9.17, 15) is 14.4 Å². The molecule has 0 unspecified atom stereocenters. The summed E-state index contributed by atoms with van der Waals surface area (Å²) in [7, 11) is 1.57. The Labute approximate surface area is 171 Å². The van der Waals surface area contributed by atoms with E-state index in [1.165, 1.54) is 4.90 Å². The summed E-state index contributed by atoms with van der Waals surface area (Å²) in [6.45, 7) is 9.14. The van der Waals surface area contributed by atoms with Gasteiger partial charge in [0.1, 0.15) is 11.4 Å². The average Bonchev–Trinajstić information content (AvgIpc) is 2.74. The van der Waals surface area contributed by atoms with E-state index < -0.39 is 29.1 Å². The van der Waals surface area contributed by atoms with Crippen LogP contribution in [0.2, 0.25) is 0 Å². The van der Waals surface area contributed by atoms with Crippen LogP contribution in [0.4, 0.5) is 4.79 Å². The third-order valence-corrected chi connectivity index (χ3v) is 5.88. The number of amides is 2. The third-order valence-electron chi connectivity index (χ3n) is 5.88. The van der Waals surface area contributed by atoms with Gasteiger partial charge >= 0.3 is 12.1 Å². The quantitative estimate of drug-likeness (QED) is 0.703. The number of esters is 1. The van der Waals surface area contributed by atoms with E-state index >= 15 is 0 Å². The first kappa shape index (κ1) is 21.1. The van der Waals surface area contributed by atoms with Crippen LogP contribution in [0.3, 0.4) is 0 Å². The van der Waals surface area contributed by atoms with Crippen molar-refractivity contribution in [1.82, 2.24) is 4.90 Å². The van der Waals surface area contributed by atoms with Gasteiger partial charge in [0.05, 0.1) is 31.6 Å². The summed E-state index contributed by atoms with van der Waals surface area (Å²) in [4.78, 5) is 40.2. The Morgan fingerprint density at radius 2 is 1.83 bits per heavy atom. The van der Waals surface area contributed by atoms with Crippen LogP contribution in [-0.2, 0) is 24.6 Å². The maximum absolute atomic E-state index is 13.5. The van der Waals surface area contributed by atoms with E-state index in [0.717, 1.165) is 5.56 Å². The molecule has 2 fully saturated rings. The predicted octanol–water partition coefficient (Wildman–Crippen LogP) is 3.50. The van der Waals surface area contributed by atoms with Crippen LogP contribution in [0.25, 0.3) is 0 Å². The number of cyclic esters (lactones) is 1. The van der Waals surface area contributed by atoms with E-state index in [1.54, 1.807) is 40.0 Å². The summed E-state index contributed by atoms with van der Waals surface area (Å²) in [5, 5.41) is 0. The number of hydrogen-bond acceptors (Lipinski definition) is 6. The van der Waals surface area contributed by atoms with Gasteiger partial charge in [-0.15, -0.1) is 0 Å². The fourth-order valence-corrected chi connectivity index (χ4v) is 4.46. The van der Waals surface area contributed by atoms with Crippen LogP contribution in [-0.4, -0.2) is 42.2 Å². The Bertz CT molecular complexity index is 812. The molecule has 2 heterocycles. The molecule has 2 aliphatic heterocycles. The van der Waals surface area contributed by atoms with Gasteiger partial charge in [-0.25, -0.2) is 9.69 Å². The largest absolute Gasteiger partial charge is 0.497 e. The first-order valence-corrected chi connectivity index (χ1v) is 9.86. The van der Waals surface area contributed by atoms with Crippen LogP contribution < -0.4 is 4.74 Å². The van der Waals surface area contributed by atoms with Crippen molar-refractivity contribution in [3.63, 3.8) is 0 Å². The van der Waals surface area contributed by atoms with Crippen LogP contribution in [0.1, 0.15) is 46.6 Å². The zero-order valence-electron chi connectivity index (χ0n) is 17.9. The van der Waals surface area contributed by atoms with Gasteiger partial charge in [0.15, 0.2) is 0 Å². The molecule has 0 aromatic heterocycles. The topological polar surface area (TPSA) is 82.1 Å². The Balaban J connectivity index is 2.14. The summed E-state index contributed by atoms with van der Waals surface area (Å²) >= 11 is 0. The van der Waals surface area contributed by atoms with Crippen molar-refractivity contribution in [3.05, 3.63) is 29.8 Å². The van der Waals surface area contributed by atoms with Gasteiger partial charge < -0.3 is 14.2 Å². The van der Waals surface area contributed by atoms with Gasteiger partial charge in [-0.3, -0.25) is 9.59 Å². The standard InChI is InChI=1S/C22H29NO6/c1-13-12-28-17(24)11-16-18(13)19(25)23(20(26)29-21(2,3)4)22(16,5)14-7-9-15(27-6)10-8-14/h7-10,13,16,18H,11-12H2,1-6H3/t13-,16-,18+,22+/m0/s1. The molecule has 7 heteroatoms. The maximum Gasteiger partial charge on any atom is 0.417 e. The SMILES string of the molecule is COc1ccc([C@]2(C)[C@H]3CC(=O)OC[C@H](C)[C@H]3C(=O)N2C(=O)OC(C)(C)C)cc1. The number of likely N-dealkylation sites (tertiary alicyclic amines) is 1. The smallest absolute Gasteiger partial charge is 0.417 e. The van der Waals surface area contributed by atoms with Crippen LogP contribution in [0.15, 0.2) is 24.3 Å². The normalized spacial score (nSPS) is 29.7. The zero-order valence-corrected chi connectivity index (χ0v) is 17.9. The molecule has 1 aromatic carbocycles. The third kappa shape index (κ3) is 3.70. The van der Waals surface area contributed by atoms with Crippen molar-refractivity contribution >= 4 is 18.0 Å². The molecular formula is C22H29NO6. The lowest BCUT2D eigenvalue weighted by molar-refractivity contribution is -0.146. The number of hydrogen-bond donors (Lipinski definition) is 0. The molecule has 2 saturated heterocycles. The number of imide groups is 1. The lowest BCUT2D eigenvalue weighted by atomic mass is 9.71. The number of carbonyl (C=O) groups excluding carboxylic acids is 3. The minimum atomic E-state index is -1.05. The maximum atomic E-state index is 13.5. The molecule has 2 aliphatic rings. The second-order valence-electron chi connectivity index (χ2n) is 9.03. The summed E-state index contributed by atoms with van der Waals surface area (Å²) in [5.74, 6) is -1.15. The molecule has 2 amide bonds. The second kappa shape index (κ2) is 7.35. The highest BCUT2D eigenvalue weighted by Gasteiger charge is 2.62. The van der Waals surface area contributed by atoms with Crippen molar-refractivity contribution in [1.29, 1.82) is 0 Å². The lowest BCUT2D eigenvalue weighted by Gasteiger charge is -2.39. The van der Waals surface area contributed by atoms with Gasteiger partial charge in [0, 0.05) is 11.8 Å². The molecule has 3 rings (SSSR count). The van der Waals surface area contributed by atoms with Gasteiger partial charge in [-0.1, -0.05) is 19.1 Å². The lowest BCUT2D eigenvalue weighted by Crippen LogP contribution is -2.50. The Morgan fingerprint density at radius 1 is 1.21 bits per heavy atom. The van der Waals surface area contributed by atoms with E-state index in [1.807, 2.05) is 26.0 Å². The molecule has 0 bridgehead atoms. The summed E-state index contributed by atoms with van der Waals surface area (Å²) in [6.07, 6.45) is -0.641. The number of ether oxygens (including phenoxy) is 3. The van der Waals surface area contributed by atoms with Gasteiger partial charge in [0.2, 0.25) is 5.91 Å². The minimum absolute atomic E-state index is 0.0581. The number of methoxy groups -OCH3 is 1. The second-order valence-corrected chi connectivity index (χ2v) is 9.03. The Kier molecular flexibility index (Phi) is 5.36. The summed E-state index contributed by atoms with van der Waals surface area (Å²) < 4.78 is 16.1. The van der Waals surface area contributed by atoms with Crippen molar-refractivity contribution in [3.8, 4) is 5.75 Å². The summed E-state index contributed by atoms with van der Waals surface area (Å²) in [6, 6.07) is 7.22. The highest BCUT2D eigenvalue weighted by atomic mass is 16.6. The zero-order chi connectivity index (χ0) is 21.6. The van der Waals surface area contributed by atoms with Gasteiger partial charge in [0.25, 0.3) is 0 Å². The van der Waals surface area contributed by atoms with E-state index in [2.05, 4.69) is 0 Å². The summed E-state index contributed by atoms with van der Waals surface area (Å²) in [5.41, 5.74) is -1.06. The molecule has 0 radical (unpaired) electrons. The Hall–Kier alpha value is -2.57. The van der Waals surface area contributed by atoms with Crippen molar-refractivity contribution in [2.45, 2.75) is 52.2 Å². The van der Waals surface area contributed by atoms with Gasteiger partial charge in [-0.05, 0) is 45.4 Å². The number of nitrogens with zero attached hydrogens (tertiary/aromatic N) is 1. The van der Waals surface area contributed by atoms with E-state index in [0.29, 0.717) is 5.75 Å². The van der Waals surface area contributed by atoms with Crippen molar-refractivity contribution < 1.29 is 28.6 Å². The molecule has 4 atom stereocenters. The molecule has 29 heavy (non-hydrogen) atoms. The highest BCUT2D eigenvalue weighted by Crippen LogP contribution is 2.52. The van der Waals surface area contributed by atoms with E-state index in [4.69, 9.17) is 14.2 Å². The molecule has 0 N–H and O–H groups in total. The highest BCUT2D eigenvalue weighted by molar-refractivity contribution is 5.98.